The Hall–Kier alpha value is -1.75. The fourth-order valence-corrected chi connectivity index (χ4v) is 1.88. The van der Waals surface area contributed by atoms with Gasteiger partial charge in [-0.2, -0.15) is 0 Å². The van der Waals surface area contributed by atoms with Crippen molar-refractivity contribution < 1.29 is 9.31 Å². The monoisotopic (exact) mass is 294 g/mol. The minimum Gasteiger partial charge on any atom is -0.313 e. The molecule has 0 heterocycles. The normalized spacial score (nSPS) is 12.2. The van der Waals surface area contributed by atoms with E-state index >= 15 is 0 Å². The Labute approximate surface area is 125 Å². The van der Waals surface area contributed by atoms with E-state index < -0.39 is 10.7 Å². The number of nitrogens with zero attached hydrogens (tertiary/aromatic N) is 1. The molecule has 1 N–H and O–H groups in total. The maximum Gasteiger partial charge on any atom is 0.270 e. The number of nitro benzene ring substituents is 1. The zero-order valence-electron chi connectivity index (χ0n) is 13.0. The standard InChI is InChI=1S/C16H23FN2O2/c1-11(2)9-18-10-14(12(3)4)7-13-8-15(19(20)21)5-6-16(13)17/h5-8,11-12,18H,9-10H2,1-4H3/b14-7-. The van der Waals surface area contributed by atoms with Crippen molar-refractivity contribution in [1.82, 2.24) is 5.32 Å². The van der Waals surface area contributed by atoms with E-state index in [1.165, 1.54) is 12.1 Å². The second-order valence-corrected chi connectivity index (χ2v) is 5.86. The molecule has 0 aliphatic rings. The van der Waals surface area contributed by atoms with E-state index in [1.807, 2.05) is 13.8 Å². The Balaban J connectivity index is 2.99. The summed E-state index contributed by atoms with van der Waals surface area (Å²) in [4.78, 5) is 10.3. The first kappa shape index (κ1) is 17.3. The summed E-state index contributed by atoms with van der Waals surface area (Å²) in [6.07, 6.45) is 1.71. The molecule has 0 aliphatic heterocycles. The maximum atomic E-state index is 13.8. The van der Waals surface area contributed by atoms with Gasteiger partial charge in [-0.05, 0) is 24.4 Å². The first-order valence-electron chi connectivity index (χ1n) is 7.16. The predicted molar refractivity (Wildman–Crippen MR) is 83.6 cm³/mol. The summed E-state index contributed by atoms with van der Waals surface area (Å²) in [5.74, 6) is 0.332. The van der Waals surface area contributed by atoms with Crippen molar-refractivity contribution in [2.24, 2.45) is 11.8 Å². The smallest absolute Gasteiger partial charge is 0.270 e. The van der Waals surface area contributed by atoms with Crippen LogP contribution in [0.4, 0.5) is 10.1 Å². The molecule has 0 radical (unpaired) electrons. The Morgan fingerprint density at radius 1 is 1.38 bits per heavy atom. The molecular formula is C16H23FN2O2. The number of hydrogen-bond acceptors (Lipinski definition) is 3. The largest absolute Gasteiger partial charge is 0.313 e. The number of nitro groups is 1. The highest BCUT2D eigenvalue weighted by Crippen LogP contribution is 2.21. The van der Waals surface area contributed by atoms with Crippen molar-refractivity contribution in [2.45, 2.75) is 27.7 Å². The molecule has 0 saturated carbocycles. The van der Waals surface area contributed by atoms with Crippen LogP contribution in [0.2, 0.25) is 0 Å². The highest BCUT2D eigenvalue weighted by Gasteiger charge is 2.11. The molecule has 1 rings (SSSR count). The van der Waals surface area contributed by atoms with E-state index in [0.717, 1.165) is 18.2 Å². The van der Waals surface area contributed by atoms with E-state index in [0.29, 0.717) is 12.5 Å². The molecule has 0 spiro atoms. The third kappa shape index (κ3) is 5.63. The molecule has 0 amide bonds. The summed E-state index contributed by atoms with van der Waals surface area (Å²) in [6, 6.07) is 3.60. The van der Waals surface area contributed by atoms with Crippen molar-refractivity contribution in [2.75, 3.05) is 13.1 Å². The fourth-order valence-electron chi connectivity index (χ4n) is 1.88. The summed E-state index contributed by atoms with van der Waals surface area (Å²) in [5.41, 5.74) is 1.19. The lowest BCUT2D eigenvalue weighted by molar-refractivity contribution is -0.384. The number of nitrogens with one attached hydrogen (secondary N) is 1. The van der Waals surface area contributed by atoms with Gasteiger partial charge in [0.15, 0.2) is 0 Å². The van der Waals surface area contributed by atoms with Gasteiger partial charge in [-0.15, -0.1) is 0 Å². The molecule has 1 aromatic rings. The molecule has 0 atom stereocenters. The van der Waals surface area contributed by atoms with Gasteiger partial charge in [-0.25, -0.2) is 4.39 Å². The Morgan fingerprint density at radius 3 is 2.57 bits per heavy atom. The van der Waals surface area contributed by atoms with Gasteiger partial charge < -0.3 is 5.32 Å². The first-order valence-corrected chi connectivity index (χ1v) is 7.16. The number of benzene rings is 1. The summed E-state index contributed by atoms with van der Waals surface area (Å²) in [5, 5.41) is 14.1. The number of hydrogen-bond donors (Lipinski definition) is 1. The molecule has 0 fully saturated rings. The highest BCUT2D eigenvalue weighted by molar-refractivity contribution is 5.57. The van der Waals surface area contributed by atoms with Gasteiger partial charge in [0, 0.05) is 24.2 Å². The molecule has 21 heavy (non-hydrogen) atoms. The molecule has 1 aromatic carbocycles. The molecule has 0 aromatic heterocycles. The van der Waals surface area contributed by atoms with Crippen LogP contribution < -0.4 is 5.32 Å². The van der Waals surface area contributed by atoms with Crippen molar-refractivity contribution in [1.29, 1.82) is 0 Å². The van der Waals surface area contributed by atoms with E-state index in [9.17, 15) is 14.5 Å². The maximum absolute atomic E-state index is 13.8. The van der Waals surface area contributed by atoms with Gasteiger partial charge in [0.2, 0.25) is 0 Å². The number of non-ortho nitro benzene ring substituents is 1. The second-order valence-electron chi connectivity index (χ2n) is 5.86. The first-order chi connectivity index (χ1) is 9.81. The summed E-state index contributed by atoms with van der Waals surface area (Å²) in [7, 11) is 0. The van der Waals surface area contributed by atoms with Crippen molar-refractivity contribution in [3.63, 3.8) is 0 Å². The molecule has 116 valence electrons. The topological polar surface area (TPSA) is 55.2 Å². The van der Waals surface area contributed by atoms with Gasteiger partial charge in [0.1, 0.15) is 5.82 Å². The number of rotatable bonds is 7. The van der Waals surface area contributed by atoms with Crippen LogP contribution in [0.3, 0.4) is 0 Å². The van der Waals surface area contributed by atoms with E-state index in [2.05, 4.69) is 19.2 Å². The highest BCUT2D eigenvalue weighted by atomic mass is 19.1. The second kappa shape index (κ2) is 7.88. The quantitative estimate of drug-likeness (QED) is 0.610. The van der Waals surface area contributed by atoms with Crippen LogP contribution >= 0.6 is 0 Å². The molecule has 0 unspecified atom stereocenters. The Morgan fingerprint density at radius 2 is 2.05 bits per heavy atom. The summed E-state index contributed by atoms with van der Waals surface area (Å²) < 4.78 is 13.8. The molecule has 0 saturated heterocycles. The number of halogens is 1. The van der Waals surface area contributed by atoms with Crippen molar-refractivity contribution in [3.8, 4) is 0 Å². The van der Waals surface area contributed by atoms with Crippen molar-refractivity contribution in [3.05, 3.63) is 45.3 Å². The molecule has 4 nitrogen and oxygen atoms in total. The van der Waals surface area contributed by atoms with E-state index in [1.54, 1.807) is 6.08 Å². The molecular weight excluding hydrogens is 271 g/mol. The lowest BCUT2D eigenvalue weighted by Gasteiger charge is -2.14. The van der Waals surface area contributed by atoms with Gasteiger partial charge in [0.25, 0.3) is 5.69 Å². The van der Waals surface area contributed by atoms with E-state index in [4.69, 9.17) is 0 Å². The molecule has 5 heteroatoms. The van der Waals surface area contributed by atoms with E-state index in [-0.39, 0.29) is 17.2 Å². The van der Waals surface area contributed by atoms with Gasteiger partial charge >= 0.3 is 0 Å². The average molecular weight is 294 g/mol. The third-order valence-electron chi connectivity index (χ3n) is 3.15. The van der Waals surface area contributed by atoms with Crippen LogP contribution in [-0.2, 0) is 0 Å². The van der Waals surface area contributed by atoms with Gasteiger partial charge in [-0.1, -0.05) is 39.3 Å². The zero-order valence-corrected chi connectivity index (χ0v) is 13.0. The lowest BCUT2D eigenvalue weighted by atomic mass is 9.99. The summed E-state index contributed by atoms with van der Waals surface area (Å²) >= 11 is 0. The average Bonchev–Trinajstić information content (AvgIpc) is 2.38. The van der Waals surface area contributed by atoms with Crippen molar-refractivity contribution >= 4 is 11.8 Å². The Bertz CT molecular complexity index is 525. The van der Waals surface area contributed by atoms with Crippen LogP contribution in [-0.4, -0.2) is 18.0 Å². The zero-order chi connectivity index (χ0) is 16.0. The SMILES string of the molecule is CC(C)CNC/C(=C/c1cc([N+](=O)[O-])ccc1F)C(C)C. The van der Waals surface area contributed by atoms with Crippen LogP contribution in [0, 0.1) is 27.8 Å². The molecule has 0 aliphatic carbocycles. The molecule has 0 bridgehead atoms. The lowest BCUT2D eigenvalue weighted by Crippen LogP contribution is -2.23. The van der Waals surface area contributed by atoms with Gasteiger partial charge in [-0.3, -0.25) is 10.1 Å². The fraction of sp³-hybridized carbons (Fsp3) is 0.500. The van der Waals surface area contributed by atoms with Crippen LogP contribution in [0.15, 0.2) is 23.8 Å². The van der Waals surface area contributed by atoms with Crippen LogP contribution in [0.1, 0.15) is 33.3 Å². The predicted octanol–water partition coefficient (Wildman–Crippen LogP) is 4.02. The van der Waals surface area contributed by atoms with Crippen LogP contribution in [0.5, 0.6) is 0 Å². The minimum atomic E-state index is -0.511. The summed E-state index contributed by atoms with van der Waals surface area (Å²) in [6.45, 7) is 9.81. The Kier molecular flexibility index (Phi) is 6.49. The van der Waals surface area contributed by atoms with Gasteiger partial charge in [0.05, 0.1) is 4.92 Å². The third-order valence-corrected chi connectivity index (χ3v) is 3.15. The minimum absolute atomic E-state index is 0.0964. The van der Waals surface area contributed by atoms with Crippen LogP contribution in [0.25, 0.3) is 6.08 Å².